The summed E-state index contributed by atoms with van der Waals surface area (Å²) in [7, 11) is -4.47. The number of para-hydroxylation sites is 2. The Labute approximate surface area is 329 Å². The highest BCUT2D eigenvalue weighted by atomic mass is 31.2. The van der Waals surface area contributed by atoms with Crippen LogP contribution in [-0.4, -0.2) is 67.9 Å². The van der Waals surface area contributed by atoms with Crippen molar-refractivity contribution in [3.63, 3.8) is 0 Å². The number of guanidine groups is 1. The van der Waals surface area contributed by atoms with Crippen LogP contribution in [0.4, 0.5) is 5.69 Å². The normalized spacial score (nSPS) is 13.6. The lowest BCUT2D eigenvalue weighted by molar-refractivity contribution is -0.134. The number of aliphatic imine (C=N–C) groups is 1. The van der Waals surface area contributed by atoms with Crippen molar-refractivity contribution in [1.82, 2.24) is 30.9 Å². The summed E-state index contributed by atoms with van der Waals surface area (Å²) < 4.78 is 28.1. The molecule has 0 saturated carbocycles. The summed E-state index contributed by atoms with van der Waals surface area (Å²) in [5.74, 6) is -2.37. The minimum atomic E-state index is -4.47. The molecule has 4 rings (SSSR count). The molecule has 19 heteroatoms. The molecular weight excluding hydrogens is 755 g/mol. The Balaban J connectivity index is 1.67. The van der Waals surface area contributed by atoms with Crippen LogP contribution in [0, 0.1) is 12.3 Å². The van der Waals surface area contributed by atoms with E-state index in [-0.39, 0.29) is 41.6 Å². The first-order valence-electron chi connectivity index (χ1n) is 17.8. The minimum Gasteiger partial charge on any atom is -0.414 e. The van der Waals surface area contributed by atoms with Gasteiger partial charge in [0.2, 0.25) is 17.7 Å². The van der Waals surface area contributed by atoms with Crippen molar-refractivity contribution in [3.8, 4) is 23.8 Å². The standard InChI is InChI=1S/C38H45N10O8P/c1-4-6-18-30(34(51)43-29(13-5-2)33(39)50)44-36(53)32(24(3)49)48-23-31(46-47-48)35(52)45-37(25-19-21-26(22-20-25)42-38(40)41)57(54,55-27-14-9-7-10-15-27)56-28-16-11-8-12-17-28/h2,7-12,14-17,19-24,29-30,32,37,49H,4,6,13,18H2,1,3H3,(H2,39,50)(H,43,51)(H,44,53)(H,45,52)(H4,40,41,42)/t24-,29+,30+,32+,37?/m0/s1. The van der Waals surface area contributed by atoms with Gasteiger partial charge in [-0.3, -0.25) is 19.2 Å². The summed E-state index contributed by atoms with van der Waals surface area (Å²) in [6, 6.07) is 18.7. The van der Waals surface area contributed by atoms with Gasteiger partial charge in [0.15, 0.2) is 23.5 Å². The molecule has 0 bridgehead atoms. The van der Waals surface area contributed by atoms with Crippen LogP contribution in [0.15, 0.2) is 96.1 Å². The molecular formula is C38H45N10O8P. The van der Waals surface area contributed by atoms with Crippen molar-refractivity contribution in [2.45, 2.75) is 69.5 Å². The molecule has 0 aliphatic rings. The largest absolute Gasteiger partial charge is 0.457 e. The number of carbonyl (C=O) groups excluding carboxylic acids is 4. The minimum absolute atomic E-state index is 0.161. The lowest BCUT2D eigenvalue weighted by Gasteiger charge is -2.28. The van der Waals surface area contributed by atoms with E-state index >= 15 is 4.57 Å². The fourth-order valence-electron chi connectivity index (χ4n) is 5.43. The summed E-state index contributed by atoms with van der Waals surface area (Å²) in [6.07, 6.45) is 6.21. The molecule has 0 aliphatic carbocycles. The Kier molecular flexibility index (Phi) is 15.3. The number of rotatable bonds is 20. The quantitative estimate of drug-likeness (QED) is 0.0294. The van der Waals surface area contributed by atoms with Gasteiger partial charge in [0.05, 0.1) is 18.0 Å². The van der Waals surface area contributed by atoms with Gasteiger partial charge in [0.1, 0.15) is 23.6 Å². The summed E-state index contributed by atoms with van der Waals surface area (Å²) in [5, 5.41) is 26.3. The third-order valence-corrected chi connectivity index (χ3v) is 10.2. The van der Waals surface area contributed by atoms with Crippen molar-refractivity contribution >= 4 is 42.9 Å². The highest BCUT2D eigenvalue weighted by molar-refractivity contribution is 7.55. The van der Waals surface area contributed by atoms with Crippen LogP contribution in [0.3, 0.4) is 0 Å². The van der Waals surface area contributed by atoms with Crippen molar-refractivity contribution in [2.24, 2.45) is 22.2 Å². The predicted molar refractivity (Wildman–Crippen MR) is 211 cm³/mol. The highest BCUT2D eigenvalue weighted by Crippen LogP contribution is 2.59. The Morgan fingerprint density at radius 1 is 0.895 bits per heavy atom. The molecule has 10 N–H and O–H groups in total. The van der Waals surface area contributed by atoms with Gasteiger partial charge in [0, 0.05) is 6.42 Å². The Morgan fingerprint density at radius 3 is 1.98 bits per heavy atom. The lowest BCUT2D eigenvalue weighted by atomic mass is 10.1. The second kappa shape index (κ2) is 20.3. The number of nitrogens with one attached hydrogen (secondary N) is 3. The van der Waals surface area contributed by atoms with Crippen LogP contribution >= 0.6 is 7.60 Å². The van der Waals surface area contributed by atoms with Crippen molar-refractivity contribution in [1.29, 1.82) is 0 Å². The van der Waals surface area contributed by atoms with Gasteiger partial charge in [-0.2, -0.15) is 0 Å². The SMILES string of the molecule is C#CC[C@@H](NC(=O)[C@@H](CCCC)NC(=O)[C@@H]([C@H](C)O)n1cc(C(=O)NC(c2ccc(N=C(N)N)cc2)P(=O)(Oc2ccccc2)Oc2ccccc2)nn1)C(N)=O. The number of amides is 4. The van der Waals surface area contributed by atoms with Gasteiger partial charge in [-0.25, -0.2) is 14.2 Å². The van der Waals surface area contributed by atoms with Crippen molar-refractivity contribution in [3.05, 3.63) is 102 Å². The molecule has 0 spiro atoms. The molecule has 0 aliphatic heterocycles. The average Bonchev–Trinajstić information content (AvgIpc) is 3.65. The second-order valence-electron chi connectivity index (χ2n) is 12.7. The Morgan fingerprint density at radius 2 is 1.47 bits per heavy atom. The van der Waals surface area contributed by atoms with E-state index < -0.39 is 61.2 Å². The maximum absolute atomic E-state index is 15.0. The number of nitrogens with zero attached hydrogens (tertiary/aromatic N) is 4. The van der Waals surface area contributed by atoms with Gasteiger partial charge >= 0.3 is 7.60 Å². The zero-order chi connectivity index (χ0) is 41.5. The molecule has 1 aromatic heterocycles. The zero-order valence-corrected chi connectivity index (χ0v) is 32.1. The first-order valence-corrected chi connectivity index (χ1v) is 19.4. The number of benzene rings is 3. The van der Waals surface area contributed by atoms with E-state index in [0.29, 0.717) is 18.5 Å². The first kappa shape index (κ1) is 43.0. The number of unbranched alkanes of at least 4 members (excludes halogenated alkanes) is 1. The zero-order valence-electron chi connectivity index (χ0n) is 31.2. The number of primary amides is 1. The topological polar surface area (TPSA) is 281 Å². The summed E-state index contributed by atoms with van der Waals surface area (Å²) in [5.41, 5.74) is 16.7. The molecule has 18 nitrogen and oxygen atoms in total. The number of hydrogen-bond donors (Lipinski definition) is 7. The number of hydrogen-bond acceptors (Lipinski definition) is 11. The van der Waals surface area contributed by atoms with E-state index in [0.717, 1.165) is 10.9 Å². The number of nitrogens with two attached hydrogens (primary N) is 3. The van der Waals surface area contributed by atoms with Gasteiger partial charge in [-0.1, -0.05) is 73.5 Å². The third kappa shape index (κ3) is 12.1. The van der Waals surface area contributed by atoms with E-state index in [2.05, 4.69) is 37.2 Å². The Bertz CT molecular complexity index is 2060. The number of aliphatic hydroxyl groups excluding tert-OH is 1. The van der Waals surface area contributed by atoms with Gasteiger partial charge in [-0.15, -0.1) is 17.4 Å². The average molecular weight is 801 g/mol. The number of terminal acetylenes is 1. The van der Waals surface area contributed by atoms with E-state index in [1.807, 2.05) is 6.92 Å². The van der Waals surface area contributed by atoms with Crippen LogP contribution in [0.25, 0.3) is 0 Å². The second-order valence-corrected chi connectivity index (χ2v) is 14.7. The molecule has 4 aromatic rings. The molecule has 300 valence electrons. The van der Waals surface area contributed by atoms with Gasteiger partial charge in [-0.05, 0) is 55.3 Å². The lowest BCUT2D eigenvalue weighted by Crippen LogP contribution is -2.54. The molecule has 57 heavy (non-hydrogen) atoms. The monoisotopic (exact) mass is 800 g/mol. The smallest absolute Gasteiger partial charge is 0.414 e. The third-order valence-electron chi connectivity index (χ3n) is 8.22. The van der Waals surface area contributed by atoms with Gasteiger partial charge in [0.25, 0.3) is 5.91 Å². The first-order chi connectivity index (χ1) is 27.2. The fourth-order valence-corrected chi connectivity index (χ4v) is 7.32. The summed E-state index contributed by atoms with van der Waals surface area (Å²) in [4.78, 5) is 56.7. The molecule has 0 saturated heterocycles. The Hall–Kier alpha value is -6.70. The maximum atomic E-state index is 15.0. The van der Waals surface area contributed by atoms with Crippen LogP contribution < -0.4 is 42.2 Å². The number of aliphatic hydroxyl groups is 1. The van der Waals surface area contributed by atoms with Crippen LogP contribution in [0.2, 0.25) is 0 Å². The van der Waals surface area contributed by atoms with Crippen molar-refractivity contribution in [2.75, 3.05) is 0 Å². The molecule has 1 heterocycles. The molecule has 1 unspecified atom stereocenters. The van der Waals surface area contributed by atoms with E-state index in [4.69, 9.17) is 32.7 Å². The number of aromatic nitrogens is 3. The predicted octanol–water partition coefficient (Wildman–Crippen LogP) is 2.55. The van der Waals surface area contributed by atoms with Crippen LogP contribution in [-0.2, 0) is 18.9 Å². The van der Waals surface area contributed by atoms with E-state index in [1.165, 1.54) is 31.2 Å². The molecule has 0 radical (unpaired) electrons. The summed E-state index contributed by atoms with van der Waals surface area (Å²) >= 11 is 0. The fraction of sp³-hybridized carbons (Fsp3) is 0.289. The summed E-state index contributed by atoms with van der Waals surface area (Å²) in [6.45, 7) is 3.19. The van der Waals surface area contributed by atoms with Crippen LogP contribution in [0.1, 0.15) is 67.4 Å². The van der Waals surface area contributed by atoms with Crippen LogP contribution in [0.5, 0.6) is 11.5 Å². The van der Waals surface area contributed by atoms with E-state index in [9.17, 15) is 24.3 Å². The van der Waals surface area contributed by atoms with E-state index in [1.54, 1.807) is 60.7 Å². The highest BCUT2D eigenvalue weighted by Gasteiger charge is 2.43. The maximum Gasteiger partial charge on any atom is 0.457 e. The molecule has 0 fully saturated rings. The number of carbonyl (C=O) groups is 4. The molecule has 5 atom stereocenters. The van der Waals surface area contributed by atoms with Crippen molar-refractivity contribution < 1.29 is 37.9 Å². The molecule has 3 aromatic carbocycles. The van der Waals surface area contributed by atoms with Gasteiger partial charge < -0.3 is 47.3 Å². The molecule has 4 amide bonds.